The second-order valence-electron chi connectivity index (χ2n) is 6.27. The Kier molecular flexibility index (Phi) is 4.53. The van der Waals surface area contributed by atoms with E-state index < -0.39 is 23.8 Å². The van der Waals surface area contributed by atoms with Crippen molar-refractivity contribution in [2.45, 2.75) is 25.3 Å². The molecule has 0 spiro atoms. The molecule has 1 aliphatic carbocycles. The van der Waals surface area contributed by atoms with Gasteiger partial charge in [0.1, 0.15) is 6.04 Å². The van der Waals surface area contributed by atoms with Gasteiger partial charge in [0.05, 0.1) is 12.0 Å². The number of carbonyl (C=O) groups is 2. The number of fused-ring (bicyclic) bond motifs is 3. The van der Waals surface area contributed by atoms with Crippen molar-refractivity contribution in [2.24, 2.45) is 5.92 Å². The molecule has 0 aromatic heterocycles. The highest BCUT2D eigenvalue weighted by Gasteiger charge is 2.36. The average Bonchev–Trinajstić information content (AvgIpc) is 2.94. The summed E-state index contributed by atoms with van der Waals surface area (Å²) in [6.07, 6.45) is 0.0646. The van der Waals surface area contributed by atoms with E-state index in [1.165, 1.54) is 0 Å². The maximum absolute atomic E-state index is 12.9. The highest BCUT2D eigenvalue weighted by Crippen LogP contribution is 2.44. The van der Waals surface area contributed by atoms with Crippen LogP contribution in [0.4, 0.5) is 0 Å². The van der Waals surface area contributed by atoms with Crippen LogP contribution in [-0.4, -0.2) is 23.0 Å². The Bertz CT molecular complexity index is 824. The largest absolute Gasteiger partial charge is 0.480 e. The summed E-state index contributed by atoms with van der Waals surface area (Å²) in [6.45, 7) is 1.65. The molecule has 0 fully saturated rings. The number of hydrogen-bond donors (Lipinski definition) is 2. The second kappa shape index (κ2) is 6.78. The molecule has 2 aromatic rings. The van der Waals surface area contributed by atoms with Crippen LogP contribution >= 0.6 is 0 Å². The lowest BCUT2D eigenvalue weighted by atomic mass is 9.93. The van der Waals surface area contributed by atoms with Crippen molar-refractivity contribution in [3.8, 4) is 17.2 Å². The minimum absolute atomic E-state index is 0.0646. The Morgan fingerprint density at radius 3 is 2.12 bits per heavy atom. The summed E-state index contributed by atoms with van der Waals surface area (Å²) in [5, 5.41) is 20.9. The number of carbonyl (C=O) groups excluding carboxylic acids is 1. The van der Waals surface area contributed by atoms with Crippen LogP contribution in [0.3, 0.4) is 0 Å². The lowest BCUT2D eigenvalue weighted by molar-refractivity contribution is -0.143. The van der Waals surface area contributed by atoms with Crippen LogP contribution in [0, 0.1) is 17.2 Å². The van der Waals surface area contributed by atoms with Gasteiger partial charge in [-0.1, -0.05) is 55.5 Å². The third kappa shape index (κ3) is 2.99. The average molecular weight is 334 g/mol. The number of aliphatic carboxylic acids is 1. The minimum Gasteiger partial charge on any atom is -0.480 e. The third-order valence-electron chi connectivity index (χ3n) is 4.64. The first kappa shape index (κ1) is 16.7. The summed E-state index contributed by atoms with van der Waals surface area (Å²) in [4.78, 5) is 24.5. The summed E-state index contributed by atoms with van der Waals surface area (Å²) in [6, 6.07) is 16.2. The third-order valence-corrected chi connectivity index (χ3v) is 4.64. The highest BCUT2D eigenvalue weighted by atomic mass is 16.4. The van der Waals surface area contributed by atoms with Crippen LogP contribution < -0.4 is 5.32 Å². The van der Waals surface area contributed by atoms with Crippen LogP contribution in [0.5, 0.6) is 0 Å². The zero-order chi connectivity index (χ0) is 18.0. The molecule has 0 saturated carbocycles. The van der Waals surface area contributed by atoms with E-state index in [9.17, 15) is 14.7 Å². The topological polar surface area (TPSA) is 90.2 Å². The van der Waals surface area contributed by atoms with Gasteiger partial charge in [-0.15, -0.1) is 0 Å². The number of nitrogens with zero attached hydrogens (tertiary/aromatic N) is 1. The fraction of sp³-hybridized carbons (Fsp3) is 0.250. The van der Waals surface area contributed by atoms with Gasteiger partial charge in [0.15, 0.2) is 0 Å². The quantitative estimate of drug-likeness (QED) is 0.879. The molecule has 0 saturated heterocycles. The molecule has 0 unspecified atom stereocenters. The molecule has 1 amide bonds. The molecule has 2 N–H and O–H groups in total. The van der Waals surface area contributed by atoms with Crippen LogP contribution in [-0.2, 0) is 9.59 Å². The van der Waals surface area contributed by atoms with Crippen molar-refractivity contribution in [2.75, 3.05) is 0 Å². The van der Waals surface area contributed by atoms with E-state index in [-0.39, 0.29) is 12.3 Å². The van der Waals surface area contributed by atoms with Gasteiger partial charge in [-0.05, 0) is 22.3 Å². The number of benzene rings is 2. The van der Waals surface area contributed by atoms with Gasteiger partial charge < -0.3 is 10.4 Å². The molecule has 25 heavy (non-hydrogen) atoms. The fourth-order valence-corrected chi connectivity index (χ4v) is 3.38. The lowest BCUT2D eigenvalue weighted by Crippen LogP contribution is -2.46. The molecule has 2 aromatic carbocycles. The molecule has 0 radical (unpaired) electrons. The van der Waals surface area contributed by atoms with Gasteiger partial charge in [0, 0.05) is 12.3 Å². The molecule has 126 valence electrons. The lowest BCUT2D eigenvalue weighted by Gasteiger charge is -2.22. The number of carboxylic acids is 1. The smallest absolute Gasteiger partial charge is 0.326 e. The van der Waals surface area contributed by atoms with Gasteiger partial charge in [0.2, 0.25) is 5.91 Å². The molecular weight excluding hydrogens is 316 g/mol. The molecule has 5 nitrogen and oxygen atoms in total. The molecule has 2 atom stereocenters. The Labute approximate surface area is 145 Å². The summed E-state index contributed by atoms with van der Waals surface area (Å²) in [7, 11) is 0. The van der Waals surface area contributed by atoms with E-state index in [2.05, 4.69) is 5.32 Å². The van der Waals surface area contributed by atoms with Crippen molar-refractivity contribution < 1.29 is 14.7 Å². The van der Waals surface area contributed by atoms with E-state index in [4.69, 9.17) is 5.26 Å². The number of amides is 1. The summed E-state index contributed by atoms with van der Waals surface area (Å²) < 4.78 is 0. The van der Waals surface area contributed by atoms with Crippen molar-refractivity contribution in [1.82, 2.24) is 5.32 Å². The molecule has 1 aliphatic rings. The normalized spacial score (nSPS) is 14.7. The molecule has 5 heteroatoms. The highest BCUT2D eigenvalue weighted by molar-refractivity contribution is 5.97. The molecule has 3 rings (SSSR count). The zero-order valence-corrected chi connectivity index (χ0v) is 13.8. The van der Waals surface area contributed by atoms with Gasteiger partial charge in [-0.2, -0.15) is 5.26 Å². The monoisotopic (exact) mass is 334 g/mol. The van der Waals surface area contributed by atoms with E-state index in [1.807, 2.05) is 54.6 Å². The summed E-state index contributed by atoms with van der Waals surface area (Å²) >= 11 is 0. The SMILES string of the molecule is C[C@@H](CC#N)[C@H](NC(=O)C1c2ccccc2-c2ccccc21)C(=O)O. The van der Waals surface area contributed by atoms with Crippen LogP contribution in [0.2, 0.25) is 0 Å². The van der Waals surface area contributed by atoms with Gasteiger partial charge in [0.25, 0.3) is 0 Å². The molecule has 0 aliphatic heterocycles. The maximum atomic E-state index is 12.9. The predicted octanol–water partition coefficient (Wildman–Crippen LogP) is 2.92. The van der Waals surface area contributed by atoms with Crippen LogP contribution in [0.1, 0.15) is 30.4 Å². The van der Waals surface area contributed by atoms with Crippen molar-refractivity contribution >= 4 is 11.9 Å². The first-order chi connectivity index (χ1) is 12.0. The van der Waals surface area contributed by atoms with Gasteiger partial charge in [-0.3, -0.25) is 4.79 Å². The number of nitriles is 1. The summed E-state index contributed by atoms with van der Waals surface area (Å²) in [5.74, 6) is -2.49. The second-order valence-corrected chi connectivity index (χ2v) is 6.27. The Morgan fingerprint density at radius 2 is 1.64 bits per heavy atom. The summed E-state index contributed by atoms with van der Waals surface area (Å²) in [5.41, 5.74) is 3.74. The molecule has 0 heterocycles. The van der Waals surface area contributed by atoms with Gasteiger partial charge >= 0.3 is 5.97 Å². The first-order valence-electron chi connectivity index (χ1n) is 8.13. The Hall–Kier alpha value is -3.13. The Balaban J connectivity index is 1.95. The number of rotatable bonds is 5. The van der Waals surface area contributed by atoms with Crippen LogP contribution in [0.25, 0.3) is 11.1 Å². The van der Waals surface area contributed by atoms with Crippen LogP contribution in [0.15, 0.2) is 48.5 Å². The standard InChI is InChI=1S/C20H18N2O3/c1-12(10-11-21)18(20(24)25)22-19(23)17-15-8-4-2-6-13(15)14-7-3-5-9-16(14)17/h2-9,12,17-18H,10H2,1H3,(H,22,23)(H,24,25)/t12-,18-/m0/s1. The van der Waals surface area contributed by atoms with Crippen molar-refractivity contribution in [3.63, 3.8) is 0 Å². The maximum Gasteiger partial charge on any atom is 0.326 e. The molecular formula is C20H18N2O3. The number of hydrogen-bond acceptors (Lipinski definition) is 3. The van der Waals surface area contributed by atoms with Crippen molar-refractivity contribution in [1.29, 1.82) is 5.26 Å². The number of carboxylic acid groups (broad SMARTS) is 1. The first-order valence-corrected chi connectivity index (χ1v) is 8.13. The van der Waals surface area contributed by atoms with E-state index in [1.54, 1.807) is 6.92 Å². The van der Waals surface area contributed by atoms with E-state index in [0.717, 1.165) is 22.3 Å². The van der Waals surface area contributed by atoms with E-state index >= 15 is 0 Å². The zero-order valence-electron chi connectivity index (χ0n) is 13.8. The Morgan fingerprint density at radius 1 is 1.12 bits per heavy atom. The minimum atomic E-state index is -1.13. The molecule has 0 bridgehead atoms. The predicted molar refractivity (Wildman–Crippen MR) is 92.7 cm³/mol. The van der Waals surface area contributed by atoms with E-state index in [0.29, 0.717) is 0 Å². The van der Waals surface area contributed by atoms with Gasteiger partial charge in [-0.25, -0.2) is 4.79 Å². The number of nitrogens with one attached hydrogen (secondary N) is 1. The fourth-order valence-electron chi connectivity index (χ4n) is 3.38. The van der Waals surface area contributed by atoms with Crippen molar-refractivity contribution in [3.05, 3.63) is 59.7 Å².